The number of ether oxygens (including phenoxy) is 1. The van der Waals surface area contributed by atoms with Crippen molar-refractivity contribution in [2.45, 2.75) is 44.9 Å². The molecule has 1 aliphatic heterocycles. The molecule has 2 N–H and O–H groups in total. The number of nitrogens with two attached hydrogens (primary N) is 1. The number of nitrogen functional groups attached to an aromatic ring is 1. The largest absolute Gasteiger partial charge is 0.423 e. The van der Waals surface area contributed by atoms with Crippen molar-refractivity contribution in [1.29, 1.82) is 0 Å². The number of likely N-dealkylation sites (N-methyl/N-ethyl adjacent to an activating group) is 1. The van der Waals surface area contributed by atoms with E-state index in [1.165, 1.54) is 18.4 Å². The van der Waals surface area contributed by atoms with Gasteiger partial charge in [0.1, 0.15) is 5.75 Å². The van der Waals surface area contributed by atoms with Crippen molar-refractivity contribution < 1.29 is 9.53 Å². The van der Waals surface area contributed by atoms with E-state index in [4.69, 9.17) is 10.5 Å². The summed E-state index contributed by atoms with van der Waals surface area (Å²) in [5.74, 6) is 0.186. The van der Waals surface area contributed by atoms with Gasteiger partial charge in [-0.1, -0.05) is 37.6 Å². The van der Waals surface area contributed by atoms with Gasteiger partial charge in [-0.15, -0.1) is 0 Å². The molecule has 0 amide bonds. The summed E-state index contributed by atoms with van der Waals surface area (Å²) in [6.07, 6.45) is 4.69. The van der Waals surface area contributed by atoms with Crippen LogP contribution in [0.4, 0.5) is 5.69 Å². The normalized spacial score (nSPS) is 20.9. The maximum Gasteiger partial charge on any atom is 0.345 e. The number of nitrogens with zero attached hydrogens (tertiary/aromatic N) is 1. The molecule has 0 aromatic heterocycles. The minimum absolute atomic E-state index is 0.107. The van der Waals surface area contributed by atoms with Gasteiger partial charge in [0.25, 0.3) is 0 Å². The van der Waals surface area contributed by atoms with Crippen LogP contribution in [0, 0.1) is 6.92 Å². The van der Waals surface area contributed by atoms with Crippen molar-refractivity contribution in [3.63, 3.8) is 0 Å². The highest BCUT2D eigenvalue weighted by Crippen LogP contribution is 2.37. The molecular formula is C23H30N2O2. The van der Waals surface area contributed by atoms with Gasteiger partial charge < -0.3 is 15.4 Å². The molecule has 4 nitrogen and oxygen atoms in total. The molecule has 0 saturated carbocycles. The Balaban J connectivity index is 1.88. The molecule has 1 aliphatic rings. The van der Waals surface area contributed by atoms with Crippen LogP contribution in [-0.2, 0) is 5.41 Å². The second kappa shape index (κ2) is 8.13. The molecule has 1 saturated heterocycles. The first-order chi connectivity index (χ1) is 12.9. The number of carbonyl (C=O) groups excluding carboxylic acids is 1. The Morgan fingerprint density at radius 2 is 2.00 bits per heavy atom. The summed E-state index contributed by atoms with van der Waals surface area (Å²) in [7, 11) is 2.20. The van der Waals surface area contributed by atoms with E-state index in [0.29, 0.717) is 17.0 Å². The number of benzene rings is 2. The van der Waals surface area contributed by atoms with Crippen LogP contribution >= 0.6 is 0 Å². The first-order valence-electron chi connectivity index (χ1n) is 9.81. The molecule has 4 heteroatoms. The number of hydrogen-bond donors (Lipinski definition) is 1. The SMILES string of the molecule is CC[C@]1(c2cccc(OC(=O)c3c(C)cccc3N)c2)CCCCN(C)C1. The molecule has 1 atom stereocenters. The molecule has 0 bridgehead atoms. The number of carbonyl (C=O) groups is 1. The fourth-order valence-corrected chi connectivity index (χ4v) is 4.27. The summed E-state index contributed by atoms with van der Waals surface area (Å²) in [4.78, 5) is 15.1. The second-order valence-corrected chi connectivity index (χ2v) is 7.79. The third-order valence-corrected chi connectivity index (χ3v) is 5.86. The predicted octanol–water partition coefficient (Wildman–Crippen LogP) is 4.56. The maximum atomic E-state index is 12.7. The Morgan fingerprint density at radius 1 is 1.22 bits per heavy atom. The van der Waals surface area contributed by atoms with E-state index in [9.17, 15) is 4.79 Å². The molecule has 1 heterocycles. The van der Waals surface area contributed by atoms with Crippen LogP contribution in [-0.4, -0.2) is 31.0 Å². The van der Waals surface area contributed by atoms with Gasteiger partial charge in [-0.25, -0.2) is 4.79 Å². The Hall–Kier alpha value is -2.33. The van der Waals surface area contributed by atoms with Crippen molar-refractivity contribution in [3.05, 3.63) is 59.2 Å². The van der Waals surface area contributed by atoms with E-state index in [1.807, 2.05) is 37.3 Å². The quantitative estimate of drug-likeness (QED) is 0.490. The van der Waals surface area contributed by atoms with E-state index >= 15 is 0 Å². The number of anilines is 1. The van der Waals surface area contributed by atoms with Crippen LogP contribution in [0.25, 0.3) is 0 Å². The van der Waals surface area contributed by atoms with Gasteiger partial charge in [-0.05, 0) is 69.1 Å². The molecule has 0 spiro atoms. The molecule has 144 valence electrons. The van der Waals surface area contributed by atoms with Gasteiger partial charge in [0.05, 0.1) is 5.56 Å². The minimum atomic E-state index is -0.397. The topological polar surface area (TPSA) is 55.6 Å². The van der Waals surface area contributed by atoms with Crippen molar-refractivity contribution in [1.82, 2.24) is 4.90 Å². The van der Waals surface area contributed by atoms with E-state index in [2.05, 4.69) is 24.9 Å². The zero-order chi connectivity index (χ0) is 19.4. The molecule has 2 aromatic rings. The maximum absolute atomic E-state index is 12.7. The van der Waals surface area contributed by atoms with Crippen LogP contribution in [0.3, 0.4) is 0 Å². The summed E-state index contributed by atoms with van der Waals surface area (Å²) >= 11 is 0. The average molecular weight is 367 g/mol. The van der Waals surface area contributed by atoms with Gasteiger partial charge in [0, 0.05) is 17.6 Å². The van der Waals surface area contributed by atoms with Crippen molar-refractivity contribution in [3.8, 4) is 5.75 Å². The molecule has 0 aliphatic carbocycles. The highest BCUT2D eigenvalue weighted by molar-refractivity contribution is 5.97. The smallest absolute Gasteiger partial charge is 0.345 e. The predicted molar refractivity (Wildman–Crippen MR) is 110 cm³/mol. The molecule has 0 radical (unpaired) electrons. The van der Waals surface area contributed by atoms with Gasteiger partial charge in [0.15, 0.2) is 0 Å². The standard InChI is InChI=1S/C23H30N2O2/c1-4-23(13-5-6-14-25(3)16-23)18-10-8-11-19(15-18)27-22(26)21-17(2)9-7-12-20(21)24/h7-12,15H,4-6,13-14,16,24H2,1-3H3/t23-/m0/s1. The lowest BCUT2D eigenvalue weighted by Gasteiger charge is -2.35. The summed E-state index contributed by atoms with van der Waals surface area (Å²) < 4.78 is 5.71. The highest BCUT2D eigenvalue weighted by atomic mass is 16.5. The number of likely N-dealkylation sites (tertiary alicyclic amines) is 1. The lowest BCUT2D eigenvalue weighted by molar-refractivity contribution is 0.0734. The van der Waals surface area contributed by atoms with E-state index in [0.717, 1.165) is 31.5 Å². The average Bonchev–Trinajstić information content (AvgIpc) is 2.84. The Labute approximate surface area is 162 Å². The van der Waals surface area contributed by atoms with Gasteiger partial charge in [-0.3, -0.25) is 0 Å². The molecular weight excluding hydrogens is 336 g/mol. The van der Waals surface area contributed by atoms with E-state index < -0.39 is 5.97 Å². The number of esters is 1. The van der Waals surface area contributed by atoms with Crippen LogP contribution in [0.5, 0.6) is 5.75 Å². The zero-order valence-corrected chi connectivity index (χ0v) is 16.6. The van der Waals surface area contributed by atoms with Gasteiger partial charge in [0.2, 0.25) is 0 Å². The highest BCUT2D eigenvalue weighted by Gasteiger charge is 2.33. The van der Waals surface area contributed by atoms with Crippen LogP contribution < -0.4 is 10.5 Å². The van der Waals surface area contributed by atoms with Crippen molar-refractivity contribution >= 4 is 11.7 Å². The summed E-state index contributed by atoms with van der Waals surface area (Å²) in [5, 5.41) is 0. The van der Waals surface area contributed by atoms with E-state index in [-0.39, 0.29) is 5.41 Å². The molecule has 0 unspecified atom stereocenters. The first kappa shape index (κ1) is 19.4. The molecule has 27 heavy (non-hydrogen) atoms. The van der Waals surface area contributed by atoms with Crippen LogP contribution in [0.15, 0.2) is 42.5 Å². The number of hydrogen-bond acceptors (Lipinski definition) is 4. The second-order valence-electron chi connectivity index (χ2n) is 7.79. The van der Waals surface area contributed by atoms with E-state index in [1.54, 1.807) is 6.07 Å². The third-order valence-electron chi connectivity index (χ3n) is 5.86. The Morgan fingerprint density at radius 3 is 2.74 bits per heavy atom. The lowest BCUT2D eigenvalue weighted by Crippen LogP contribution is -2.37. The zero-order valence-electron chi connectivity index (χ0n) is 16.6. The molecule has 3 rings (SSSR count). The number of rotatable bonds is 4. The fraction of sp³-hybridized carbons (Fsp3) is 0.435. The monoisotopic (exact) mass is 366 g/mol. The minimum Gasteiger partial charge on any atom is -0.423 e. The summed E-state index contributed by atoms with van der Waals surface area (Å²) in [5.41, 5.74) is 9.07. The van der Waals surface area contributed by atoms with Crippen molar-refractivity contribution in [2.75, 3.05) is 25.9 Å². The summed E-state index contributed by atoms with van der Waals surface area (Å²) in [6.45, 7) is 6.30. The third kappa shape index (κ3) is 4.16. The Bertz CT molecular complexity index is 798. The lowest BCUT2D eigenvalue weighted by atomic mass is 9.74. The Kier molecular flexibility index (Phi) is 5.85. The number of aryl methyl sites for hydroxylation is 1. The molecule has 1 fully saturated rings. The van der Waals surface area contributed by atoms with Gasteiger partial charge in [-0.2, -0.15) is 0 Å². The van der Waals surface area contributed by atoms with Crippen LogP contribution in [0.2, 0.25) is 0 Å². The molecule has 2 aromatic carbocycles. The first-order valence-corrected chi connectivity index (χ1v) is 9.81. The van der Waals surface area contributed by atoms with Gasteiger partial charge >= 0.3 is 5.97 Å². The van der Waals surface area contributed by atoms with Crippen molar-refractivity contribution in [2.24, 2.45) is 0 Å². The fourth-order valence-electron chi connectivity index (χ4n) is 4.27. The summed E-state index contributed by atoms with van der Waals surface area (Å²) in [6, 6.07) is 13.5. The van der Waals surface area contributed by atoms with Crippen LogP contribution in [0.1, 0.15) is 54.1 Å².